The molecule has 0 aliphatic heterocycles. The molecule has 2 rings (SSSR count). The Morgan fingerprint density at radius 3 is 2.38 bits per heavy atom. The van der Waals surface area contributed by atoms with E-state index in [0.717, 1.165) is 6.07 Å². The zero-order valence-electron chi connectivity index (χ0n) is 14.1. The van der Waals surface area contributed by atoms with Crippen LogP contribution in [0.15, 0.2) is 36.4 Å². The van der Waals surface area contributed by atoms with Crippen LogP contribution in [-0.4, -0.2) is 31.2 Å². The van der Waals surface area contributed by atoms with Gasteiger partial charge in [-0.05, 0) is 24.6 Å². The number of para-hydroxylation sites is 1. The van der Waals surface area contributed by atoms with Crippen molar-refractivity contribution in [3.63, 3.8) is 0 Å². The van der Waals surface area contributed by atoms with Crippen LogP contribution in [0.3, 0.4) is 0 Å². The Bertz CT molecular complexity index is 787. The van der Waals surface area contributed by atoms with E-state index in [9.17, 15) is 23.1 Å². The number of hydrogen-bond donors (Lipinski definition) is 1. The highest BCUT2D eigenvalue weighted by atomic mass is 19.4. The summed E-state index contributed by atoms with van der Waals surface area (Å²) in [4.78, 5) is 11.4. The smallest absolute Gasteiger partial charge is 0.493 e. The van der Waals surface area contributed by atoms with Crippen LogP contribution >= 0.6 is 0 Å². The molecule has 0 heterocycles. The van der Waals surface area contributed by atoms with E-state index >= 15 is 0 Å². The molecule has 0 radical (unpaired) electrons. The van der Waals surface area contributed by atoms with E-state index in [4.69, 9.17) is 9.47 Å². The predicted octanol–water partition coefficient (Wildman–Crippen LogP) is 4.75. The molecule has 0 spiro atoms. The normalized spacial score (nSPS) is 11.1. The molecule has 26 heavy (non-hydrogen) atoms. The lowest BCUT2D eigenvalue weighted by Crippen LogP contribution is -2.17. The predicted molar refractivity (Wildman–Crippen MR) is 87.9 cm³/mol. The molecule has 0 saturated carbocycles. The summed E-state index contributed by atoms with van der Waals surface area (Å²) in [6.45, 7) is 2.14. The lowest BCUT2D eigenvalue weighted by atomic mass is 10.00. The largest absolute Gasteiger partial charge is 0.573 e. The molecule has 0 saturated heterocycles. The van der Waals surface area contributed by atoms with Crippen molar-refractivity contribution in [3.8, 4) is 28.4 Å². The molecule has 2 aromatic rings. The highest BCUT2D eigenvalue weighted by Crippen LogP contribution is 2.44. The van der Waals surface area contributed by atoms with Crippen LogP contribution < -0.4 is 14.2 Å². The third-order valence-electron chi connectivity index (χ3n) is 3.38. The van der Waals surface area contributed by atoms with Gasteiger partial charge in [0.05, 0.1) is 19.3 Å². The molecular formula is C18H17F3O5. The Hall–Kier alpha value is -2.90. The molecule has 0 fully saturated rings. The first-order chi connectivity index (χ1) is 12.3. The second kappa shape index (κ2) is 7.99. The van der Waals surface area contributed by atoms with Gasteiger partial charge in [0, 0.05) is 11.1 Å². The maximum absolute atomic E-state index is 12.7. The number of carboxylic acids is 1. The van der Waals surface area contributed by atoms with Crippen molar-refractivity contribution in [1.29, 1.82) is 0 Å². The van der Waals surface area contributed by atoms with Gasteiger partial charge >= 0.3 is 12.3 Å². The van der Waals surface area contributed by atoms with Gasteiger partial charge in [-0.1, -0.05) is 25.1 Å². The number of hydrogen-bond acceptors (Lipinski definition) is 4. The number of halogens is 3. The van der Waals surface area contributed by atoms with Gasteiger partial charge in [0.2, 0.25) is 0 Å². The minimum absolute atomic E-state index is 0.0392. The molecule has 0 bridgehead atoms. The maximum Gasteiger partial charge on any atom is 0.573 e. The highest BCUT2D eigenvalue weighted by molar-refractivity contribution is 5.92. The second-order valence-electron chi connectivity index (χ2n) is 5.25. The van der Waals surface area contributed by atoms with E-state index in [0.29, 0.717) is 6.42 Å². The average molecular weight is 370 g/mol. The van der Waals surface area contributed by atoms with Crippen molar-refractivity contribution in [1.82, 2.24) is 0 Å². The summed E-state index contributed by atoms with van der Waals surface area (Å²) in [7, 11) is 1.32. The molecule has 140 valence electrons. The fourth-order valence-corrected chi connectivity index (χ4v) is 2.33. The number of carboxylic acid groups (broad SMARTS) is 1. The van der Waals surface area contributed by atoms with Gasteiger partial charge in [0.1, 0.15) is 5.75 Å². The summed E-state index contributed by atoms with van der Waals surface area (Å²) in [5.74, 6) is -1.46. The Kier molecular flexibility index (Phi) is 5.97. The summed E-state index contributed by atoms with van der Waals surface area (Å²) in [6.07, 6.45) is -4.25. The van der Waals surface area contributed by atoms with E-state index in [1.807, 2.05) is 6.92 Å². The van der Waals surface area contributed by atoms with Crippen LogP contribution in [0.1, 0.15) is 23.7 Å². The summed E-state index contributed by atoms with van der Waals surface area (Å²) in [6, 6.07) is 7.92. The van der Waals surface area contributed by atoms with E-state index in [-0.39, 0.29) is 34.8 Å². The number of benzene rings is 2. The Morgan fingerprint density at radius 2 is 1.81 bits per heavy atom. The molecule has 0 aromatic heterocycles. The Morgan fingerprint density at radius 1 is 1.12 bits per heavy atom. The van der Waals surface area contributed by atoms with Gasteiger partial charge in [-0.25, -0.2) is 4.79 Å². The van der Waals surface area contributed by atoms with Gasteiger partial charge < -0.3 is 19.3 Å². The van der Waals surface area contributed by atoms with Crippen molar-refractivity contribution in [2.24, 2.45) is 0 Å². The number of methoxy groups -OCH3 is 1. The summed E-state index contributed by atoms with van der Waals surface area (Å²) >= 11 is 0. The van der Waals surface area contributed by atoms with E-state index in [2.05, 4.69) is 4.74 Å². The minimum atomic E-state index is -4.89. The maximum atomic E-state index is 12.7. The Balaban J connectivity index is 2.70. The average Bonchev–Trinajstić information content (AvgIpc) is 2.58. The van der Waals surface area contributed by atoms with Crippen molar-refractivity contribution < 1.29 is 37.3 Å². The molecule has 1 N–H and O–H groups in total. The number of ether oxygens (including phenoxy) is 3. The van der Waals surface area contributed by atoms with Gasteiger partial charge in [-0.3, -0.25) is 0 Å². The number of carbonyl (C=O) groups is 1. The Labute approximate surface area is 147 Å². The lowest BCUT2D eigenvalue weighted by Gasteiger charge is -2.18. The van der Waals surface area contributed by atoms with Crippen LogP contribution in [0.2, 0.25) is 0 Å². The third-order valence-corrected chi connectivity index (χ3v) is 3.38. The van der Waals surface area contributed by atoms with Gasteiger partial charge in [-0.15, -0.1) is 13.2 Å². The third kappa shape index (κ3) is 4.59. The molecule has 0 aliphatic rings. The standard InChI is InChI=1S/C18H17F3O5/c1-3-8-25-16-13(9-11(17(22)23)10-15(16)24-2)12-6-4-5-7-14(12)26-18(19,20)21/h4-7,9-10H,3,8H2,1-2H3,(H,22,23). The quantitative estimate of drug-likeness (QED) is 0.762. The van der Waals surface area contributed by atoms with Crippen molar-refractivity contribution in [2.75, 3.05) is 13.7 Å². The highest BCUT2D eigenvalue weighted by Gasteiger charge is 2.32. The lowest BCUT2D eigenvalue weighted by molar-refractivity contribution is -0.274. The molecule has 5 nitrogen and oxygen atoms in total. The monoisotopic (exact) mass is 370 g/mol. The van der Waals surface area contributed by atoms with Crippen LogP contribution in [0.5, 0.6) is 17.2 Å². The summed E-state index contributed by atoms with van der Waals surface area (Å²) < 4.78 is 53.1. The number of rotatable bonds is 7. The first kappa shape index (κ1) is 19.4. The van der Waals surface area contributed by atoms with Crippen molar-refractivity contribution >= 4 is 5.97 Å². The van der Waals surface area contributed by atoms with E-state index in [1.54, 1.807) is 0 Å². The van der Waals surface area contributed by atoms with Crippen molar-refractivity contribution in [2.45, 2.75) is 19.7 Å². The van der Waals surface area contributed by atoms with E-state index < -0.39 is 18.1 Å². The molecule has 2 aromatic carbocycles. The fraction of sp³-hybridized carbons (Fsp3) is 0.278. The SMILES string of the molecule is CCCOc1c(OC)cc(C(=O)O)cc1-c1ccccc1OC(F)(F)F. The van der Waals surface area contributed by atoms with Crippen LogP contribution in [0.4, 0.5) is 13.2 Å². The van der Waals surface area contributed by atoms with Crippen LogP contribution in [0, 0.1) is 0 Å². The summed E-state index contributed by atoms with van der Waals surface area (Å²) in [5, 5.41) is 9.29. The summed E-state index contributed by atoms with van der Waals surface area (Å²) in [5.41, 5.74) is 0.0230. The fourth-order valence-electron chi connectivity index (χ4n) is 2.33. The molecule has 0 aliphatic carbocycles. The minimum Gasteiger partial charge on any atom is -0.493 e. The van der Waals surface area contributed by atoms with Crippen LogP contribution in [-0.2, 0) is 0 Å². The number of alkyl halides is 3. The molecular weight excluding hydrogens is 353 g/mol. The first-order valence-corrected chi connectivity index (χ1v) is 7.70. The number of aromatic carboxylic acids is 1. The van der Waals surface area contributed by atoms with Gasteiger partial charge in [0.25, 0.3) is 0 Å². The first-order valence-electron chi connectivity index (χ1n) is 7.70. The molecule has 0 atom stereocenters. The topological polar surface area (TPSA) is 65.0 Å². The molecule has 8 heteroatoms. The molecule has 0 amide bonds. The zero-order chi connectivity index (χ0) is 19.3. The van der Waals surface area contributed by atoms with Gasteiger partial charge in [0.15, 0.2) is 11.5 Å². The van der Waals surface area contributed by atoms with E-state index in [1.165, 1.54) is 37.4 Å². The van der Waals surface area contributed by atoms with Gasteiger partial charge in [-0.2, -0.15) is 0 Å². The zero-order valence-corrected chi connectivity index (χ0v) is 14.1. The van der Waals surface area contributed by atoms with Crippen LogP contribution in [0.25, 0.3) is 11.1 Å². The molecule has 0 unspecified atom stereocenters. The second-order valence-corrected chi connectivity index (χ2v) is 5.25. The van der Waals surface area contributed by atoms with Crippen molar-refractivity contribution in [3.05, 3.63) is 42.0 Å².